The highest BCUT2D eigenvalue weighted by atomic mass is 16.2. The average Bonchev–Trinajstić information content (AvgIpc) is 3.03. The fourth-order valence-electron chi connectivity index (χ4n) is 5.81. The van der Waals surface area contributed by atoms with E-state index in [0.717, 1.165) is 30.1 Å². The highest BCUT2D eigenvalue weighted by Gasteiger charge is 2.44. The molecule has 3 aliphatic heterocycles. The SMILES string of the molecule is O=C1CCC(N2Cc3ccc(CNCC4CC5(CCNCC5)C4)cc3C2=O)C(=O)N1. The minimum absolute atomic E-state index is 0.104. The van der Waals surface area contributed by atoms with E-state index < -0.39 is 6.04 Å². The van der Waals surface area contributed by atoms with Gasteiger partial charge in [-0.2, -0.15) is 0 Å². The van der Waals surface area contributed by atoms with E-state index in [1.807, 2.05) is 12.1 Å². The first kappa shape index (κ1) is 19.7. The highest BCUT2D eigenvalue weighted by molar-refractivity contribution is 6.05. The molecule has 1 aromatic rings. The number of amides is 3. The molecule has 5 rings (SSSR count). The molecule has 3 heterocycles. The van der Waals surface area contributed by atoms with Gasteiger partial charge in [0.05, 0.1) is 0 Å². The highest BCUT2D eigenvalue weighted by Crippen LogP contribution is 2.51. The number of carbonyl (C=O) groups is 3. The Kier molecular flexibility index (Phi) is 5.11. The number of nitrogens with zero attached hydrogens (tertiary/aromatic N) is 1. The summed E-state index contributed by atoms with van der Waals surface area (Å²) in [5, 5.41) is 9.38. The maximum atomic E-state index is 12.9. The monoisotopic (exact) mass is 410 g/mol. The number of hydrogen-bond donors (Lipinski definition) is 3. The lowest BCUT2D eigenvalue weighted by atomic mass is 9.58. The molecule has 160 valence electrons. The lowest BCUT2D eigenvalue weighted by Crippen LogP contribution is -2.52. The van der Waals surface area contributed by atoms with Gasteiger partial charge in [-0.15, -0.1) is 0 Å². The summed E-state index contributed by atoms with van der Waals surface area (Å²) < 4.78 is 0. The number of benzene rings is 1. The van der Waals surface area contributed by atoms with Crippen LogP contribution in [-0.2, 0) is 22.7 Å². The van der Waals surface area contributed by atoms with Crippen molar-refractivity contribution in [2.75, 3.05) is 19.6 Å². The van der Waals surface area contributed by atoms with Gasteiger partial charge in [-0.1, -0.05) is 12.1 Å². The van der Waals surface area contributed by atoms with Crippen molar-refractivity contribution in [3.05, 3.63) is 34.9 Å². The summed E-state index contributed by atoms with van der Waals surface area (Å²) in [6.07, 6.45) is 6.00. The number of carbonyl (C=O) groups excluding carboxylic acids is 3. The molecule has 0 bridgehead atoms. The quantitative estimate of drug-likeness (QED) is 0.637. The molecule has 3 N–H and O–H groups in total. The number of nitrogens with one attached hydrogen (secondary N) is 3. The predicted molar refractivity (Wildman–Crippen MR) is 111 cm³/mol. The van der Waals surface area contributed by atoms with Crippen LogP contribution in [0, 0.1) is 11.3 Å². The summed E-state index contributed by atoms with van der Waals surface area (Å²) in [6.45, 7) is 4.55. The van der Waals surface area contributed by atoms with Crippen LogP contribution in [0.5, 0.6) is 0 Å². The molecule has 30 heavy (non-hydrogen) atoms. The second-order valence-corrected chi connectivity index (χ2v) is 9.55. The zero-order valence-electron chi connectivity index (χ0n) is 17.3. The number of hydrogen-bond acceptors (Lipinski definition) is 5. The van der Waals surface area contributed by atoms with Gasteiger partial charge in [0.15, 0.2) is 0 Å². The third-order valence-corrected chi connectivity index (χ3v) is 7.46. The Morgan fingerprint density at radius 1 is 1.13 bits per heavy atom. The minimum Gasteiger partial charge on any atom is -0.322 e. The van der Waals surface area contributed by atoms with Crippen LogP contribution in [0.3, 0.4) is 0 Å². The molecule has 1 unspecified atom stereocenters. The van der Waals surface area contributed by atoms with Crippen molar-refractivity contribution >= 4 is 17.7 Å². The lowest BCUT2D eigenvalue weighted by molar-refractivity contribution is -0.136. The van der Waals surface area contributed by atoms with Gasteiger partial charge >= 0.3 is 0 Å². The largest absolute Gasteiger partial charge is 0.322 e. The van der Waals surface area contributed by atoms with Crippen LogP contribution >= 0.6 is 0 Å². The molecule has 3 fully saturated rings. The van der Waals surface area contributed by atoms with Gasteiger partial charge < -0.3 is 15.5 Å². The normalized spacial score (nSPS) is 25.9. The van der Waals surface area contributed by atoms with E-state index in [1.165, 1.54) is 38.8 Å². The van der Waals surface area contributed by atoms with E-state index in [0.29, 0.717) is 23.9 Å². The second kappa shape index (κ2) is 7.78. The van der Waals surface area contributed by atoms with Gasteiger partial charge in [0.2, 0.25) is 11.8 Å². The Hall–Kier alpha value is -2.25. The molecule has 7 nitrogen and oxygen atoms in total. The summed E-state index contributed by atoms with van der Waals surface area (Å²) in [4.78, 5) is 38.1. The van der Waals surface area contributed by atoms with E-state index in [2.05, 4.69) is 22.0 Å². The number of imide groups is 1. The predicted octanol–water partition coefficient (Wildman–Crippen LogP) is 1.32. The Bertz CT molecular complexity index is 869. The van der Waals surface area contributed by atoms with Crippen molar-refractivity contribution < 1.29 is 14.4 Å². The third-order valence-electron chi connectivity index (χ3n) is 7.46. The van der Waals surface area contributed by atoms with Crippen molar-refractivity contribution in [1.82, 2.24) is 20.9 Å². The Morgan fingerprint density at radius 2 is 1.93 bits per heavy atom. The minimum atomic E-state index is -0.551. The zero-order chi connectivity index (χ0) is 20.7. The van der Waals surface area contributed by atoms with Crippen molar-refractivity contribution in [1.29, 1.82) is 0 Å². The van der Waals surface area contributed by atoms with Crippen LogP contribution in [0.4, 0.5) is 0 Å². The van der Waals surface area contributed by atoms with Gasteiger partial charge in [-0.25, -0.2) is 0 Å². The van der Waals surface area contributed by atoms with Gasteiger partial charge in [-0.3, -0.25) is 19.7 Å². The van der Waals surface area contributed by atoms with Crippen LogP contribution in [-0.4, -0.2) is 48.3 Å². The van der Waals surface area contributed by atoms with Gasteiger partial charge in [0.25, 0.3) is 5.91 Å². The van der Waals surface area contributed by atoms with Gasteiger partial charge in [0.1, 0.15) is 6.04 Å². The molecule has 0 aromatic heterocycles. The zero-order valence-corrected chi connectivity index (χ0v) is 17.3. The molecule has 1 aliphatic carbocycles. The Labute approximate surface area is 177 Å². The fourth-order valence-corrected chi connectivity index (χ4v) is 5.81. The fraction of sp³-hybridized carbons (Fsp3) is 0.609. The molecule has 3 amide bonds. The standard InChI is InChI=1S/C23H30N4O3/c28-20-4-3-19(21(29)26-20)27-14-17-2-1-15(9-18(17)22(27)30)12-25-13-16-10-23(11-16)5-7-24-8-6-23/h1-2,9,16,19,24-25H,3-8,10-14H2,(H,26,28,29). The maximum absolute atomic E-state index is 12.9. The molecule has 2 saturated heterocycles. The van der Waals surface area contributed by atoms with E-state index in [1.54, 1.807) is 4.90 Å². The van der Waals surface area contributed by atoms with Gasteiger partial charge in [-0.05, 0) is 80.3 Å². The molecule has 1 saturated carbocycles. The Balaban J connectivity index is 1.15. The molecule has 0 radical (unpaired) electrons. The first-order valence-corrected chi connectivity index (χ1v) is 11.2. The number of rotatable bonds is 5. The molecule has 1 spiro atoms. The van der Waals surface area contributed by atoms with Crippen LogP contribution in [0.2, 0.25) is 0 Å². The first-order valence-electron chi connectivity index (χ1n) is 11.2. The van der Waals surface area contributed by atoms with Gasteiger partial charge in [0, 0.05) is 25.1 Å². The van der Waals surface area contributed by atoms with Crippen molar-refractivity contribution in [2.45, 2.75) is 57.7 Å². The second-order valence-electron chi connectivity index (χ2n) is 9.55. The molecule has 4 aliphatic rings. The average molecular weight is 411 g/mol. The summed E-state index contributed by atoms with van der Waals surface area (Å²) in [5.74, 6) is 0.0444. The molecular weight excluding hydrogens is 380 g/mol. The van der Waals surface area contributed by atoms with Crippen LogP contribution in [0.15, 0.2) is 18.2 Å². The summed E-state index contributed by atoms with van der Waals surface area (Å²) >= 11 is 0. The van der Waals surface area contributed by atoms with Crippen molar-refractivity contribution in [3.8, 4) is 0 Å². The van der Waals surface area contributed by atoms with E-state index in [4.69, 9.17) is 0 Å². The maximum Gasteiger partial charge on any atom is 0.255 e. The first-order chi connectivity index (χ1) is 14.5. The topological polar surface area (TPSA) is 90.5 Å². The van der Waals surface area contributed by atoms with Crippen molar-refractivity contribution in [3.63, 3.8) is 0 Å². The van der Waals surface area contributed by atoms with Crippen molar-refractivity contribution in [2.24, 2.45) is 11.3 Å². The summed E-state index contributed by atoms with van der Waals surface area (Å²) in [5.41, 5.74) is 3.36. The summed E-state index contributed by atoms with van der Waals surface area (Å²) in [7, 11) is 0. The van der Waals surface area contributed by atoms with E-state index >= 15 is 0 Å². The number of piperidine rings is 2. The van der Waals surface area contributed by atoms with E-state index in [9.17, 15) is 14.4 Å². The van der Waals surface area contributed by atoms with E-state index in [-0.39, 0.29) is 24.1 Å². The summed E-state index contributed by atoms with van der Waals surface area (Å²) in [6, 6.07) is 5.49. The number of fused-ring (bicyclic) bond motifs is 1. The van der Waals surface area contributed by atoms with Crippen LogP contribution in [0.1, 0.15) is 60.0 Å². The molecule has 7 heteroatoms. The van der Waals surface area contributed by atoms with Crippen LogP contribution < -0.4 is 16.0 Å². The smallest absolute Gasteiger partial charge is 0.255 e. The third kappa shape index (κ3) is 3.65. The molecule has 1 atom stereocenters. The van der Waals surface area contributed by atoms with Crippen LogP contribution in [0.25, 0.3) is 0 Å². The Morgan fingerprint density at radius 3 is 2.70 bits per heavy atom. The molecular formula is C23H30N4O3. The molecule has 1 aromatic carbocycles. The lowest BCUT2D eigenvalue weighted by Gasteiger charge is -2.50.